The minimum absolute atomic E-state index is 0.122. The molecule has 1 N–H and O–H groups in total. The number of piperidine rings is 1. The van der Waals surface area contributed by atoms with E-state index in [0.717, 1.165) is 48.8 Å². The van der Waals surface area contributed by atoms with E-state index in [4.69, 9.17) is 0 Å². The van der Waals surface area contributed by atoms with E-state index in [2.05, 4.69) is 22.1 Å². The lowest BCUT2D eigenvalue weighted by Crippen LogP contribution is -2.40. The van der Waals surface area contributed by atoms with Crippen LogP contribution in [-0.4, -0.2) is 39.1 Å². The molecule has 1 amide bonds. The lowest BCUT2D eigenvalue weighted by atomic mass is 9.92. The number of fused-ring (bicyclic) bond motifs is 1. The lowest BCUT2D eigenvalue weighted by Gasteiger charge is -2.33. The Morgan fingerprint density at radius 2 is 2.28 bits per heavy atom. The van der Waals surface area contributed by atoms with Crippen molar-refractivity contribution in [3.63, 3.8) is 0 Å². The van der Waals surface area contributed by atoms with Crippen molar-refractivity contribution in [2.75, 3.05) is 13.1 Å². The Labute approximate surface area is 147 Å². The Kier molecular flexibility index (Phi) is 4.22. The number of rotatable bonds is 3. The SMILES string of the molecule is Cc1cn[nH]c1C[C@@H]1CCCN(C(=O)c2ccc3ncccc3c2)C1. The molecule has 1 aromatic carbocycles. The number of likely N-dealkylation sites (tertiary alicyclic amines) is 1. The molecule has 2 aromatic heterocycles. The van der Waals surface area contributed by atoms with Crippen LogP contribution in [0.5, 0.6) is 0 Å². The molecule has 128 valence electrons. The van der Waals surface area contributed by atoms with Gasteiger partial charge in [0, 0.05) is 35.9 Å². The van der Waals surface area contributed by atoms with Gasteiger partial charge in [-0.15, -0.1) is 0 Å². The van der Waals surface area contributed by atoms with Gasteiger partial charge in [0.1, 0.15) is 0 Å². The van der Waals surface area contributed by atoms with Crippen LogP contribution in [0.4, 0.5) is 0 Å². The van der Waals surface area contributed by atoms with Crippen molar-refractivity contribution < 1.29 is 4.79 Å². The van der Waals surface area contributed by atoms with Gasteiger partial charge in [-0.05, 0) is 61.9 Å². The normalized spacial score (nSPS) is 17.8. The highest BCUT2D eigenvalue weighted by Gasteiger charge is 2.25. The molecule has 3 aromatic rings. The maximum Gasteiger partial charge on any atom is 0.253 e. The Bertz CT molecular complexity index is 901. The van der Waals surface area contributed by atoms with Gasteiger partial charge in [0.05, 0.1) is 11.7 Å². The molecule has 0 aliphatic carbocycles. The summed E-state index contributed by atoms with van der Waals surface area (Å²) in [6.45, 7) is 3.72. The second kappa shape index (κ2) is 6.67. The van der Waals surface area contributed by atoms with Crippen LogP contribution in [0.25, 0.3) is 10.9 Å². The molecule has 0 bridgehead atoms. The Hall–Kier alpha value is -2.69. The van der Waals surface area contributed by atoms with Crippen molar-refractivity contribution in [1.29, 1.82) is 0 Å². The zero-order chi connectivity index (χ0) is 17.2. The summed E-state index contributed by atoms with van der Waals surface area (Å²) in [4.78, 5) is 19.3. The molecule has 1 aliphatic heterocycles. The number of pyridine rings is 1. The molecule has 1 atom stereocenters. The molecule has 3 heterocycles. The summed E-state index contributed by atoms with van der Waals surface area (Å²) < 4.78 is 0. The van der Waals surface area contributed by atoms with Crippen LogP contribution >= 0.6 is 0 Å². The fraction of sp³-hybridized carbons (Fsp3) is 0.350. The van der Waals surface area contributed by atoms with Crippen LogP contribution in [0.1, 0.15) is 34.5 Å². The van der Waals surface area contributed by atoms with Crippen LogP contribution in [0, 0.1) is 12.8 Å². The average Bonchev–Trinajstić information content (AvgIpc) is 3.05. The summed E-state index contributed by atoms with van der Waals surface area (Å²) >= 11 is 0. The predicted octanol–water partition coefficient (Wildman–Crippen LogP) is 3.36. The molecule has 25 heavy (non-hydrogen) atoms. The van der Waals surface area contributed by atoms with Gasteiger partial charge in [-0.25, -0.2) is 0 Å². The van der Waals surface area contributed by atoms with Crippen LogP contribution < -0.4 is 0 Å². The molecular formula is C20H22N4O. The third-order valence-electron chi connectivity index (χ3n) is 5.08. The Morgan fingerprint density at radius 3 is 3.12 bits per heavy atom. The molecule has 1 saturated heterocycles. The van der Waals surface area contributed by atoms with E-state index in [1.807, 2.05) is 41.4 Å². The van der Waals surface area contributed by atoms with E-state index < -0.39 is 0 Å². The van der Waals surface area contributed by atoms with Gasteiger partial charge in [-0.2, -0.15) is 5.10 Å². The number of aromatic amines is 1. The topological polar surface area (TPSA) is 61.9 Å². The Balaban J connectivity index is 1.49. The van der Waals surface area contributed by atoms with E-state index in [1.54, 1.807) is 6.20 Å². The lowest BCUT2D eigenvalue weighted by molar-refractivity contribution is 0.0673. The fourth-order valence-electron chi connectivity index (χ4n) is 3.68. The van der Waals surface area contributed by atoms with Crippen molar-refractivity contribution in [2.24, 2.45) is 5.92 Å². The largest absolute Gasteiger partial charge is 0.338 e. The molecule has 1 aliphatic rings. The number of hydrogen-bond donors (Lipinski definition) is 1. The number of hydrogen-bond acceptors (Lipinski definition) is 3. The highest BCUT2D eigenvalue weighted by molar-refractivity contribution is 5.98. The molecule has 5 nitrogen and oxygen atoms in total. The molecule has 1 fully saturated rings. The number of H-pyrrole nitrogens is 1. The first-order chi connectivity index (χ1) is 12.2. The molecule has 0 spiro atoms. The van der Waals surface area contributed by atoms with Gasteiger partial charge >= 0.3 is 0 Å². The predicted molar refractivity (Wildman–Crippen MR) is 97.4 cm³/mol. The van der Waals surface area contributed by atoms with E-state index in [1.165, 1.54) is 11.3 Å². The van der Waals surface area contributed by atoms with Gasteiger partial charge in [-0.1, -0.05) is 6.07 Å². The first-order valence-electron chi connectivity index (χ1n) is 8.83. The number of carbonyl (C=O) groups is 1. The highest BCUT2D eigenvalue weighted by atomic mass is 16.2. The van der Waals surface area contributed by atoms with Crippen molar-refractivity contribution in [2.45, 2.75) is 26.2 Å². The van der Waals surface area contributed by atoms with Gasteiger partial charge in [0.25, 0.3) is 5.91 Å². The van der Waals surface area contributed by atoms with Gasteiger partial charge in [0.15, 0.2) is 0 Å². The number of amides is 1. The van der Waals surface area contributed by atoms with E-state index in [-0.39, 0.29) is 5.91 Å². The first-order valence-corrected chi connectivity index (χ1v) is 8.83. The quantitative estimate of drug-likeness (QED) is 0.799. The average molecular weight is 334 g/mol. The summed E-state index contributed by atoms with van der Waals surface area (Å²) in [5.41, 5.74) is 4.06. The maximum absolute atomic E-state index is 12.9. The van der Waals surface area contributed by atoms with Crippen molar-refractivity contribution in [1.82, 2.24) is 20.1 Å². The van der Waals surface area contributed by atoms with Gasteiger partial charge in [-0.3, -0.25) is 14.9 Å². The van der Waals surface area contributed by atoms with Crippen LogP contribution in [-0.2, 0) is 6.42 Å². The zero-order valence-corrected chi connectivity index (χ0v) is 14.4. The number of nitrogens with one attached hydrogen (secondary N) is 1. The summed E-state index contributed by atoms with van der Waals surface area (Å²) in [5.74, 6) is 0.607. The van der Waals surface area contributed by atoms with Crippen molar-refractivity contribution in [3.05, 3.63) is 59.5 Å². The van der Waals surface area contributed by atoms with Crippen molar-refractivity contribution >= 4 is 16.8 Å². The van der Waals surface area contributed by atoms with Crippen LogP contribution in [0.15, 0.2) is 42.7 Å². The summed E-state index contributed by atoms with van der Waals surface area (Å²) in [5, 5.41) is 8.20. The van der Waals surface area contributed by atoms with Crippen molar-refractivity contribution in [3.8, 4) is 0 Å². The number of carbonyl (C=O) groups excluding carboxylic acids is 1. The highest BCUT2D eigenvalue weighted by Crippen LogP contribution is 2.23. The van der Waals surface area contributed by atoms with E-state index in [9.17, 15) is 4.79 Å². The smallest absolute Gasteiger partial charge is 0.253 e. The second-order valence-corrected chi connectivity index (χ2v) is 6.91. The van der Waals surface area contributed by atoms with Crippen LogP contribution in [0.2, 0.25) is 0 Å². The summed E-state index contributed by atoms with van der Waals surface area (Å²) in [6.07, 6.45) is 6.81. The third-order valence-corrected chi connectivity index (χ3v) is 5.08. The van der Waals surface area contributed by atoms with Gasteiger partial charge < -0.3 is 4.90 Å². The Morgan fingerprint density at radius 1 is 1.36 bits per heavy atom. The van der Waals surface area contributed by atoms with E-state index in [0.29, 0.717) is 5.92 Å². The molecule has 0 saturated carbocycles. The third kappa shape index (κ3) is 3.27. The maximum atomic E-state index is 12.9. The molecular weight excluding hydrogens is 312 g/mol. The number of nitrogens with zero attached hydrogens (tertiary/aromatic N) is 3. The molecule has 0 unspecified atom stereocenters. The first kappa shape index (κ1) is 15.8. The second-order valence-electron chi connectivity index (χ2n) is 6.91. The molecule has 5 heteroatoms. The van der Waals surface area contributed by atoms with Crippen LogP contribution in [0.3, 0.4) is 0 Å². The fourth-order valence-corrected chi connectivity index (χ4v) is 3.68. The number of aryl methyl sites for hydroxylation is 1. The number of benzene rings is 1. The minimum Gasteiger partial charge on any atom is -0.338 e. The molecule has 0 radical (unpaired) electrons. The molecule has 4 rings (SSSR count). The summed E-state index contributed by atoms with van der Waals surface area (Å²) in [7, 11) is 0. The van der Waals surface area contributed by atoms with Gasteiger partial charge in [0.2, 0.25) is 0 Å². The zero-order valence-electron chi connectivity index (χ0n) is 14.4. The summed E-state index contributed by atoms with van der Waals surface area (Å²) in [6, 6.07) is 9.67. The number of aromatic nitrogens is 3. The van der Waals surface area contributed by atoms with E-state index >= 15 is 0 Å². The minimum atomic E-state index is 0.122. The standard InChI is InChI=1S/C20H22N4O/c1-14-12-22-23-19(14)10-15-4-3-9-24(13-15)20(25)17-6-7-18-16(11-17)5-2-8-21-18/h2,5-8,11-12,15H,3-4,9-10,13H2,1H3,(H,22,23)/t15-/m0/s1. The monoisotopic (exact) mass is 334 g/mol.